The van der Waals surface area contributed by atoms with Crippen molar-refractivity contribution in [3.05, 3.63) is 59.7 Å². The smallest absolute Gasteiger partial charge is 1.00 e. The standard InChI is InChI=1S/C17H18F3O7PS.3K.3H/c18-17(19,20)13-7-9-14(10-8-13)27-15-5-1-3-12(11-15)4-2-6-16(28(21,22)23)29(24,25)26;;;;;;/h1,3,5,7-11,16H,2,4,6H2,(H2,21,22,23)(H,24,25,26);;;;;;/q;3*+1;3*-1. The zero-order valence-corrected chi connectivity index (χ0v) is 28.9. The Morgan fingerprint density at radius 2 is 1.56 bits per heavy atom. The van der Waals surface area contributed by atoms with E-state index in [9.17, 15) is 26.2 Å². The van der Waals surface area contributed by atoms with Gasteiger partial charge in [0, 0.05) is 0 Å². The van der Waals surface area contributed by atoms with Crippen LogP contribution < -0.4 is 159 Å². The number of ether oxygens (including phenoxy) is 1. The van der Waals surface area contributed by atoms with Crippen LogP contribution in [-0.4, -0.2) is 27.7 Å². The molecule has 0 fully saturated rings. The molecule has 0 aliphatic carbocycles. The van der Waals surface area contributed by atoms with Crippen molar-refractivity contribution >= 4 is 17.7 Å². The van der Waals surface area contributed by atoms with E-state index in [0.717, 1.165) is 12.1 Å². The summed E-state index contributed by atoms with van der Waals surface area (Å²) in [5, 5.41) is 0. The molecule has 2 aromatic rings. The molecule has 0 saturated heterocycles. The minimum absolute atomic E-state index is 0. The third-order valence-electron chi connectivity index (χ3n) is 3.95. The third kappa shape index (κ3) is 13.0. The number of benzene rings is 2. The Labute approximate surface area is 316 Å². The fourth-order valence-electron chi connectivity index (χ4n) is 2.58. The molecule has 2 aromatic carbocycles. The second-order valence-electron chi connectivity index (χ2n) is 6.22. The summed E-state index contributed by atoms with van der Waals surface area (Å²) in [7, 11) is -9.94. The van der Waals surface area contributed by atoms with Gasteiger partial charge in [0.2, 0.25) is 0 Å². The molecule has 0 saturated carbocycles. The Bertz CT molecular complexity index is 1010. The van der Waals surface area contributed by atoms with Gasteiger partial charge in [-0.1, -0.05) is 12.1 Å². The third-order valence-corrected chi connectivity index (χ3v) is 7.51. The van der Waals surface area contributed by atoms with E-state index in [4.69, 9.17) is 19.1 Å². The molecule has 3 N–H and O–H groups in total. The van der Waals surface area contributed by atoms with Gasteiger partial charge < -0.3 is 18.8 Å². The fraction of sp³-hybridized carbons (Fsp3) is 0.294. The predicted octanol–water partition coefficient (Wildman–Crippen LogP) is -4.44. The maximum atomic E-state index is 12.6. The second-order valence-corrected chi connectivity index (χ2v) is 9.97. The fourth-order valence-corrected chi connectivity index (χ4v) is 4.96. The monoisotopic (exact) mass is 574 g/mol. The van der Waals surface area contributed by atoms with Crippen LogP contribution in [-0.2, 0) is 27.3 Å². The van der Waals surface area contributed by atoms with Gasteiger partial charge in [-0.05, 0) is 61.2 Å². The maximum absolute atomic E-state index is 12.6. The van der Waals surface area contributed by atoms with Gasteiger partial charge >= 0.3 is 168 Å². The molecule has 0 spiro atoms. The van der Waals surface area contributed by atoms with Gasteiger partial charge in [-0.25, -0.2) is 0 Å². The number of aryl methyl sites for hydroxylation is 1. The molecule has 32 heavy (non-hydrogen) atoms. The Balaban J connectivity index is -0.000000500. The molecule has 1 atom stereocenters. The average molecular weight is 575 g/mol. The van der Waals surface area contributed by atoms with Crippen LogP contribution in [0.4, 0.5) is 13.2 Å². The van der Waals surface area contributed by atoms with E-state index in [-0.39, 0.29) is 177 Å². The molecule has 15 heteroatoms. The second kappa shape index (κ2) is 16.1. The molecule has 0 aliphatic heterocycles. The quantitative estimate of drug-likeness (QED) is 0.165. The average Bonchev–Trinajstić information content (AvgIpc) is 2.56. The normalized spacial score (nSPS) is 12.6. The largest absolute Gasteiger partial charge is 1.00 e. The van der Waals surface area contributed by atoms with Crippen molar-refractivity contribution in [2.45, 2.75) is 30.4 Å². The van der Waals surface area contributed by atoms with Crippen LogP contribution in [0.2, 0.25) is 0 Å². The molecule has 0 bridgehead atoms. The summed E-state index contributed by atoms with van der Waals surface area (Å²) in [6.07, 6.45) is -4.62. The van der Waals surface area contributed by atoms with Crippen LogP contribution in [0.1, 0.15) is 28.2 Å². The van der Waals surface area contributed by atoms with E-state index < -0.39 is 40.9 Å². The molecule has 0 radical (unpaired) electrons. The number of halogens is 3. The molecule has 7 nitrogen and oxygen atoms in total. The van der Waals surface area contributed by atoms with Gasteiger partial charge in [-0.2, -0.15) is 21.6 Å². The topological polar surface area (TPSA) is 121 Å². The first-order chi connectivity index (χ1) is 13.3. The van der Waals surface area contributed by atoms with E-state index in [1.54, 1.807) is 24.3 Å². The van der Waals surface area contributed by atoms with Crippen molar-refractivity contribution < 1.29 is 204 Å². The Morgan fingerprint density at radius 3 is 2.03 bits per heavy atom. The SMILES string of the molecule is O=P(O)(O)C(CCCc1cccc(Oc2ccc(C(F)(F)F)cc2)c1)S(=O)(=O)O.[H-].[H-].[H-].[K+].[K+].[K+]. The number of alkyl halides is 3. The zero-order valence-electron chi connectivity index (χ0n) is 20.8. The van der Waals surface area contributed by atoms with Crippen molar-refractivity contribution in [3.8, 4) is 11.5 Å². The van der Waals surface area contributed by atoms with Crippen LogP contribution in [0.25, 0.3) is 0 Å². The van der Waals surface area contributed by atoms with Crippen LogP contribution in [0.5, 0.6) is 11.5 Å². The predicted molar refractivity (Wildman–Crippen MR) is 102 cm³/mol. The number of rotatable bonds is 8. The maximum Gasteiger partial charge on any atom is 1.00 e. The first-order valence-corrected chi connectivity index (χ1v) is 11.4. The Hall–Kier alpha value is 3.00. The van der Waals surface area contributed by atoms with Gasteiger partial charge in [-0.15, -0.1) is 0 Å². The van der Waals surface area contributed by atoms with Crippen LogP contribution in [0.3, 0.4) is 0 Å². The van der Waals surface area contributed by atoms with E-state index in [1.807, 2.05) is 0 Å². The molecule has 0 aliphatic rings. The minimum Gasteiger partial charge on any atom is -1.00 e. The molecule has 1 unspecified atom stereocenters. The summed E-state index contributed by atoms with van der Waals surface area (Å²) in [6.45, 7) is 0. The summed E-state index contributed by atoms with van der Waals surface area (Å²) >= 11 is 0. The Kier molecular flexibility index (Phi) is 18.7. The minimum atomic E-state index is -5.03. The van der Waals surface area contributed by atoms with Gasteiger partial charge in [0.25, 0.3) is 10.1 Å². The molecule has 0 amide bonds. The van der Waals surface area contributed by atoms with Crippen molar-refractivity contribution in [1.29, 1.82) is 0 Å². The first-order valence-electron chi connectivity index (χ1n) is 8.22. The number of hydrogen-bond acceptors (Lipinski definition) is 4. The van der Waals surface area contributed by atoms with E-state index in [2.05, 4.69) is 0 Å². The van der Waals surface area contributed by atoms with Crippen LogP contribution >= 0.6 is 7.60 Å². The van der Waals surface area contributed by atoms with E-state index >= 15 is 0 Å². The summed E-state index contributed by atoms with van der Waals surface area (Å²) < 4.78 is 85.7. The summed E-state index contributed by atoms with van der Waals surface area (Å²) in [5.41, 5.74) is -0.161. The van der Waals surface area contributed by atoms with Gasteiger partial charge in [-0.3, -0.25) is 9.12 Å². The van der Waals surface area contributed by atoms with Crippen molar-refractivity contribution in [2.75, 3.05) is 0 Å². The van der Waals surface area contributed by atoms with Gasteiger partial charge in [0.15, 0.2) is 4.99 Å². The summed E-state index contributed by atoms with van der Waals surface area (Å²) in [6, 6.07) is 10.5. The zero-order chi connectivity index (χ0) is 21.9. The van der Waals surface area contributed by atoms with Gasteiger partial charge in [0.05, 0.1) is 5.56 Å². The molecular formula is C17H21F3K3O7PS. The molecular weight excluding hydrogens is 554 g/mol. The van der Waals surface area contributed by atoms with Crippen molar-refractivity contribution in [3.63, 3.8) is 0 Å². The van der Waals surface area contributed by atoms with Crippen molar-refractivity contribution in [2.24, 2.45) is 0 Å². The van der Waals surface area contributed by atoms with Crippen LogP contribution in [0, 0.1) is 0 Å². The molecule has 2 rings (SSSR count). The van der Waals surface area contributed by atoms with E-state index in [1.165, 1.54) is 12.1 Å². The summed E-state index contributed by atoms with van der Waals surface area (Å²) in [5.74, 6) is 0.506. The number of hydrogen-bond donors (Lipinski definition) is 3. The Morgan fingerprint density at radius 1 is 1.00 bits per heavy atom. The molecule has 0 heterocycles. The first kappa shape index (κ1) is 37.2. The molecule has 166 valence electrons. The van der Waals surface area contributed by atoms with Crippen molar-refractivity contribution in [1.82, 2.24) is 0 Å². The molecule has 0 aromatic heterocycles. The van der Waals surface area contributed by atoms with E-state index in [0.29, 0.717) is 11.3 Å². The van der Waals surface area contributed by atoms with Crippen LogP contribution in [0.15, 0.2) is 48.5 Å². The summed E-state index contributed by atoms with van der Waals surface area (Å²) in [4.78, 5) is 15.9. The van der Waals surface area contributed by atoms with Gasteiger partial charge in [0.1, 0.15) is 11.5 Å².